The zero-order valence-electron chi connectivity index (χ0n) is 12.6. The van der Waals surface area contributed by atoms with Crippen molar-refractivity contribution in [3.05, 3.63) is 0 Å². The molecule has 0 bridgehead atoms. The minimum absolute atomic E-state index is 0.0344. The predicted octanol–water partition coefficient (Wildman–Crippen LogP) is 0.917. The number of nitrogens with one attached hydrogen (secondary N) is 1. The highest BCUT2D eigenvalue weighted by atomic mass is 32.1. The van der Waals surface area contributed by atoms with E-state index in [1.807, 2.05) is 0 Å². The Morgan fingerprint density at radius 3 is 2.45 bits per heavy atom. The molecule has 20 heavy (non-hydrogen) atoms. The van der Waals surface area contributed by atoms with Crippen molar-refractivity contribution < 1.29 is 9.53 Å². The molecule has 1 saturated heterocycles. The lowest BCUT2D eigenvalue weighted by molar-refractivity contribution is -0.131. The Balaban J connectivity index is 2.41. The first-order valence-electron chi connectivity index (χ1n) is 7.45. The fourth-order valence-corrected chi connectivity index (χ4v) is 2.82. The van der Waals surface area contributed by atoms with Gasteiger partial charge in [0, 0.05) is 19.8 Å². The van der Waals surface area contributed by atoms with Crippen LogP contribution in [0.4, 0.5) is 0 Å². The number of rotatable bonds is 8. The second-order valence-electron chi connectivity index (χ2n) is 5.20. The van der Waals surface area contributed by atoms with Crippen LogP contribution in [0.25, 0.3) is 0 Å². The van der Waals surface area contributed by atoms with Crippen LogP contribution in [0, 0.1) is 5.41 Å². The van der Waals surface area contributed by atoms with Crippen molar-refractivity contribution >= 4 is 23.1 Å². The summed E-state index contributed by atoms with van der Waals surface area (Å²) in [7, 11) is 0. The van der Waals surface area contributed by atoms with Crippen LogP contribution in [-0.2, 0) is 9.53 Å². The van der Waals surface area contributed by atoms with Crippen LogP contribution in [0.3, 0.4) is 0 Å². The third-order valence-electron chi connectivity index (χ3n) is 4.08. The lowest BCUT2D eigenvalue weighted by atomic mass is 9.79. The molecular formula is C14H27N3O2S. The van der Waals surface area contributed by atoms with E-state index >= 15 is 0 Å². The van der Waals surface area contributed by atoms with Crippen LogP contribution >= 0.6 is 12.2 Å². The first-order valence-corrected chi connectivity index (χ1v) is 7.86. The van der Waals surface area contributed by atoms with Gasteiger partial charge in [-0.3, -0.25) is 4.79 Å². The Hall–Kier alpha value is -0.720. The van der Waals surface area contributed by atoms with Gasteiger partial charge in [0.15, 0.2) is 0 Å². The summed E-state index contributed by atoms with van der Waals surface area (Å²) in [6.45, 7) is 9.13. The van der Waals surface area contributed by atoms with Crippen LogP contribution in [0.1, 0.15) is 33.1 Å². The molecule has 0 aromatic rings. The maximum Gasteiger partial charge on any atom is 0.233 e. The van der Waals surface area contributed by atoms with Crippen molar-refractivity contribution in [3.8, 4) is 0 Å². The fraction of sp³-hybridized carbons (Fsp3) is 0.857. The van der Waals surface area contributed by atoms with Crippen LogP contribution in [0.5, 0.6) is 0 Å². The van der Waals surface area contributed by atoms with Crippen LogP contribution in [-0.4, -0.2) is 55.2 Å². The Labute approximate surface area is 127 Å². The van der Waals surface area contributed by atoms with Gasteiger partial charge in [0.25, 0.3) is 0 Å². The molecule has 3 N–H and O–H groups in total. The highest BCUT2D eigenvalue weighted by Gasteiger charge is 2.42. The van der Waals surface area contributed by atoms with Gasteiger partial charge in [-0.1, -0.05) is 26.1 Å². The molecule has 0 aliphatic carbocycles. The van der Waals surface area contributed by atoms with E-state index in [9.17, 15) is 4.79 Å². The van der Waals surface area contributed by atoms with Crippen LogP contribution < -0.4 is 11.1 Å². The van der Waals surface area contributed by atoms with Gasteiger partial charge in [0.05, 0.1) is 4.99 Å². The zero-order valence-corrected chi connectivity index (χ0v) is 13.4. The van der Waals surface area contributed by atoms with E-state index in [-0.39, 0.29) is 5.91 Å². The summed E-state index contributed by atoms with van der Waals surface area (Å²) in [5.74, 6) is -0.0344. The molecule has 0 aromatic carbocycles. The van der Waals surface area contributed by atoms with Gasteiger partial charge in [-0.2, -0.15) is 0 Å². The molecule has 5 nitrogen and oxygen atoms in total. The number of carbonyl (C=O) groups is 1. The average molecular weight is 301 g/mol. The lowest BCUT2D eigenvalue weighted by Crippen LogP contribution is -2.52. The van der Waals surface area contributed by atoms with Gasteiger partial charge >= 0.3 is 0 Å². The largest absolute Gasteiger partial charge is 0.392 e. The molecule has 0 radical (unpaired) electrons. The smallest absolute Gasteiger partial charge is 0.233 e. The Kier molecular flexibility index (Phi) is 7.40. The topological polar surface area (TPSA) is 67.6 Å². The van der Waals surface area contributed by atoms with Gasteiger partial charge in [-0.25, -0.2) is 0 Å². The standard InChI is InChI=1S/C14H27N3O2S/c1-3-17(4-2)9-5-8-16-13(18)14(12(15)20)6-10-19-11-7-14/h3-11H2,1-2H3,(H2,15,20)(H,16,18). The predicted molar refractivity (Wildman–Crippen MR) is 84.7 cm³/mol. The lowest BCUT2D eigenvalue weighted by Gasteiger charge is -2.34. The summed E-state index contributed by atoms with van der Waals surface area (Å²) in [4.78, 5) is 15.0. The van der Waals surface area contributed by atoms with Gasteiger partial charge in [-0.15, -0.1) is 0 Å². The Morgan fingerprint density at radius 1 is 1.35 bits per heavy atom. The number of carbonyl (C=O) groups excluding carboxylic acids is 1. The summed E-state index contributed by atoms with van der Waals surface area (Å²) in [6, 6.07) is 0. The molecule has 1 aliphatic rings. The molecule has 0 atom stereocenters. The van der Waals surface area contributed by atoms with Crippen molar-refractivity contribution in [2.75, 3.05) is 39.4 Å². The number of amides is 1. The SMILES string of the molecule is CCN(CC)CCCNC(=O)C1(C(N)=S)CCOCC1. The molecule has 1 amide bonds. The molecule has 0 aromatic heterocycles. The first kappa shape index (κ1) is 17.3. The van der Waals surface area contributed by atoms with Crippen LogP contribution in [0.2, 0.25) is 0 Å². The van der Waals surface area contributed by atoms with E-state index in [2.05, 4.69) is 24.1 Å². The Morgan fingerprint density at radius 2 is 1.95 bits per heavy atom. The van der Waals surface area contributed by atoms with Crippen LogP contribution in [0.15, 0.2) is 0 Å². The molecule has 1 rings (SSSR count). The van der Waals surface area contributed by atoms with Crippen molar-refractivity contribution in [1.82, 2.24) is 10.2 Å². The van der Waals surface area contributed by atoms with E-state index in [1.54, 1.807) is 0 Å². The summed E-state index contributed by atoms with van der Waals surface area (Å²) in [5, 5.41) is 2.99. The fourth-order valence-electron chi connectivity index (χ4n) is 2.52. The molecule has 6 heteroatoms. The molecule has 0 unspecified atom stereocenters. The highest BCUT2D eigenvalue weighted by Crippen LogP contribution is 2.31. The first-order chi connectivity index (χ1) is 9.56. The number of ether oxygens (including phenoxy) is 1. The third kappa shape index (κ3) is 4.40. The molecule has 0 spiro atoms. The molecule has 116 valence electrons. The van der Waals surface area contributed by atoms with Gasteiger partial charge in [-0.05, 0) is 38.9 Å². The number of hydrogen-bond acceptors (Lipinski definition) is 4. The Bertz CT molecular complexity index is 326. The third-order valence-corrected chi connectivity index (χ3v) is 4.47. The normalized spacial score (nSPS) is 17.9. The highest BCUT2D eigenvalue weighted by molar-refractivity contribution is 7.80. The van der Waals surface area contributed by atoms with E-state index in [0.29, 0.717) is 37.6 Å². The molecule has 0 saturated carbocycles. The van der Waals surface area contributed by atoms with Gasteiger partial charge < -0.3 is 20.7 Å². The van der Waals surface area contributed by atoms with E-state index in [4.69, 9.17) is 22.7 Å². The molecule has 1 fully saturated rings. The maximum absolute atomic E-state index is 12.4. The number of hydrogen-bond donors (Lipinski definition) is 2. The summed E-state index contributed by atoms with van der Waals surface area (Å²) in [5.41, 5.74) is 5.10. The quantitative estimate of drug-likeness (QED) is 0.515. The van der Waals surface area contributed by atoms with Gasteiger partial charge in [0.2, 0.25) is 5.91 Å². The van der Waals surface area contributed by atoms with Gasteiger partial charge in [0.1, 0.15) is 5.41 Å². The maximum atomic E-state index is 12.4. The van der Waals surface area contributed by atoms with Crippen molar-refractivity contribution in [3.63, 3.8) is 0 Å². The number of thiocarbonyl (C=S) groups is 1. The van der Waals surface area contributed by atoms with E-state index < -0.39 is 5.41 Å². The van der Waals surface area contributed by atoms with E-state index in [0.717, 1.165) is 26.1 Å². The average Bonchev–Trinajstić information content (AvgIpc) is 2.47. The zero-order chi connectivity index (χ0) is 15.0. The van der Waals surface area contributed by atoms with Crippen molar-refractivity contribution in [2.24, 2.45) is 11.1 Å². The molecule has 1 aliphatic heterocycles. The summed E-state index contributed by atoms with van der Waals surface area (Å²) < 4.78 is 5.31. The summed E-state index contributed by atoms with van der Waals surface area (Å²) >= 11 is 5.11. The second kappa shape index (κ2) is 8.54. The van der Waals surface area contributed by atoms with Crippen molar-refractivity contribution in [1.29, 1.82) is 0 Å². The number of nitrogens with two attached hydrogens (primary N) is 1. The second-order valence-corrected chi connectivity index (χ2v) is 5.63. The summed E-state index contributed by atoms with van der Waals surface area (Å²) in [6.07, 6.45) is 2.12. The monoisotopic (exact) mass is 301 g/mol. The minimum Gasteiger partial charge on any atom is -0.392 e. The van der Waals surface area contributed by atoms with Crippen molar-refractivity contribution in [2.45, 2.75) is 33.1 Å². The molecular weight excluding hydrogens is 274 g/mol. The number of nitrogens with zero attached hydrogens (tertiary/aromatic N) is 1. The minimum atomic E-state index is -0.706. The molecule has 1 heterocycles. The van der Waals surface area contributed by atoms with E-state index in [1.165, 1.54) is 0 Å².